The van der Waals surface area contributed by atoms with Crippen molar-refractivity contribution < 1.29 is 81.6 Å². The number of aliphatic hydroxyl groups excluding tert-OH is 4. The van der Waals surface area contributed by atoms with Gasteiger partial charge in [-0.3, -0.25) is 32.8 Å². The van der Waals surface area contributed by atoms with E-state index in [1.54, 1.807) is 0 Å². The fourth-order valence-corrected chi connectivity index (χ4v) is 6.17. The summed E-state index contributed by atoms with van der Waals surface area (Å²) in [6.07, 6.45) is -14.0. The highest BCUT2D eigenvalue weighted by molar-refractivity contribution is 7.59. The van der Waals surface area contributed by atoms with Gasteiger partial charge in [-0.1, -0.05) is 6.58 Å². The highest BCUT2D eigenvalue weighted by atomic mass is 31.3. The van der Waals surface area contributed by atoms with Gasteiger partial charge in [0.1, 0.15) is 48.3 Å². The van der Waals surface area contributed by atoms with Crippen molar-refractivity contribution in [1.82, 2.24) is 14.9 Å². The van der Waals surface area contributed by atoms with Crippen LogP contribution in [-0.4, -0.2) is 104 Å². The lowest BCUT2D eigenvalue weighted by Crippen LogP contribution is -2.65. The average Bonchev–Trinajstić information content (AvgIpc) is 3.18. The fraction of sp³-hybridized carbons (Fsp3) is 0.600. The van der Waals surface area contributed by atoms with E-state index in [0.717, 1.165) is 19.2 Å². The van der Waals surface area contributed by atoms with Crippen molar-refractivity contribution in [2.24, 2.45) is 0 Å². The van der Waals surface area contributed by atoms with Crippen LogP contribution in [0.2, 0.25) is 0 Å². The molecule has 2 fully saturated rings. The number of phosphoric ester groups is 2. The first-order valence-corrected chi connectivity index (χ1v) is 15.1. The fourth-order valence-electron chi connectivity index (χ4n) is 4.08. The van der Waals surface area contributed by atoms with E-state index in [1.165, 1.54) is 0 Å². The lowest BCUT2D eigenvalue weighted by molar-refractivity contribution is -0.309. The highest BCUT2D eigenvalue weighted by Gasteiger charge is 2.50. The second-order valence-corrected chi connectivity index (χ2v) is 12.1. The third-order valence-corrected chi connectivity index (χ3v) is 8.55. The van der Waals surface area contributed by atoms with Crippen LogP contribution >= 0.6 is 15.6 Å². The van der Waals surface area contributed by atoms with Crippen LogP contribution in [0.3, 0.4) is 0 Å². The zero-order valence-corrected chi connectivity index (χ0v) is 24.0. The van der Waals surface area contributed by atoms with E-state index >= 15 is 0 Å². The Balaban J connectivity index is 1.72. The number of aliphatic carboxylic acids is 1. The molecular weight excluding hydrogens is 648 g/mol. The number of amides is 1. The molecule has 24 heteroatoms. The van der Waals surface area contributed by atoms with E-state index in [9.17, 15) is 63.6 Å². The number of hydrogen-bond donors (Lipinski definition) is 6. The van der Waals surface area contributed by atoms with Crippen molar-refractivity contribution in [2.45, 2.75) is 62.1 Å². The summed E-state index contributed by atoms with van der Waals surface area (Å²) in [5, 5.41) is 53.5. The Morgan fingerprint density at radius 2 is 1.77 bits per heavy atom. The molecule has 0 spiro atoms. The molecule has 0 aliphatic carbocycles. The maximum atomic E-state index is 12.5. The number of carbonyl (C=O) groups is 2. The number of aromatic nitrogens is 2. The number of rotatable bonds is 13. The molecule has 248 valence electrons. The second kappa shape index (κ2) is 14.1. The van der Waals surface area contributed by atoms with Crippen molar-refractivity contribution in [3.05, 3.63) is 45.4 Å². The SMILES string of the molecule is C=C(O[C@H]1[C@H](O)[C@@H](CO)O[C@H](OP(=O)([O-])OP(=O)([O-])OC[C@H]2O[C@@H](n3ccc(=O)[nH]c3=O)[C@H](O)[C@@H]2O)[C@@H]1NC(C)=O)C(=O)[O-]. The molecule has 6 N–H and O–H groups in total. The standard InChI is InChI=1S/C20H29N3O19P2/c1-7(18(30)31)38-16-12(21-8(2)25)19(40-9(5-24)14(16)28)41-44(35,36)42-43(33,34)37-6-10-13(27)15(29)17(39-10)23-4-3-11(26)22-20(23)32/h3-4,9-10,12-17,19,24,27-29H,1,5-6H2,2H3,(H,21,25)(H,30,31)(H,33,34)(H,35,36)(H,22,26,32)/p-3/t9-,10-,12-,13-,14-,15-,16-,17-,19-/m1/s1. The number of aromatic amines is 1. The molecule has 3 rings (SSSR count). The van der Waals surface area contributed by atoms with Gasteiger partial charge in [0.05, 0.1) is 13.2 Å². The lowest BCUT2D eigenvalue weighted by atomic mass is 9.96. The minimum atomic E-state index is -6.09. The van der Waals surface area contributed by atoms with Crippen molar-refractivity contribution in [3.8, 4) is 0 Å². The smallest absolute Gasteiger partial charge is 0.330 e. The number of nitrogens with zero attached hydrogens (tertiary/aromatic N) is 1. The van der Waals surface area contributed by atoms with Crippen molar-refractivity contribution in [3.63, 3.8) is 0 Å². The molecule has 44 heavy (non-hydrogen) atoms. The Hall–Kier alpha value is -2.82. The lowest BCUT2D eigenvalue weighted by Gasteiger charge is -2.45. The summed E-state index contributed by atoms with van der Waals surface area (Å²) in [6.45, 7) is 1.72. The van der Waals surface area contributed by atoms with Crippen LogP contribution in [0.1, 0.15) is 13.2 Å². The van der Waals surface area contributed by atoms with Gasteiger partial charge in [0.15, 0.2) is 18.6 Å². The van der Waals surface area contributed by atoms with E-state index in [-0.39, 0.29) is 0 Å². The molecule has 1 aromatic heterocycles. The molecule has 0 saturated carbocycles. The average molecular weight is 674 g/mol. The van der Waals surface area contributed by atoms with E-state index in [0.29, 0.717) is 4.57 Å². The molecule has 2 aliphatic rings. The van der Waals surface area contributed by atoms with Gasteiger partial charge in [-0.25, -0.2) is 9.11 Å². The van der Waals surface area contributed by atoms with Crippen LogP contribution in [0.4, 0.5) is 0 Å². The molecule has 22 nitrogen and oxygen atoms in total. The summed E-state index contributed by atoms with van der Waals surface area (Å²) in [5.74, 6) is -3.98. The number of carboxylic acids is 1. The summed E-state index contributed by atoms with van der Waals surface area (Å²) in [7, 11) is -12.0. The van der Waals surface area contributed by atoms with Crippen LogP contribution < -0.4 is 31.5 Å². The predicted octanol–water partition coefficient (Wildman–Crippen LogP) is -6.63. The van der Waals surface area contributed by atoms with Crippen LogP contribution in [0.15, 0.2) is 34.2 Å². The Morgan fingerprint density at radius 3 is 2.34 bits per heavy atom. The number of carbonyl (C=O) groups excluding carboxylic acids is 2. The number of aliphatic hydroxyl groups is 4. The van der Waals surface area contributed by atoms with E-state index in [1.807, 2.05) is 4.98 Å². The van der Waals surface area contributed by atoms with Gasteiger partial charge >= 0.3 is 5.69 Å². The first kappa shape index (κ1) is 35.7. The number of H-pyrrole nitrogens is 1. The van der Waals surface area contributed by atoms with Gasteiger partial charge in [-0.05, 0) is 0 Å². The zero-order valence-electron chi connectivity index (χ0n) is 22.2. The van der Waals surface area contributed by atoms with Crippen molar-refractivity contribution in [1.29, 1.82) is 0 Å². The summed E-state index contributed by atoms with van der Waals surface area (Å²) >= 11 is 0. The summed E-state index contributed by atoms with van der Waals surface area (Å²) in [4.78, 5) is 72.8. The minimum absolute atomic E-state index is 0.674. The number of ether oxygens (including phenoxy) is 3. The van der Waals surface area contributed by atoms with Gasteiger partial charge in [0.25, 0.3) is 21.2 Å². The van der Waals surface area contributed by atoms with Gasteiger partial charge in [-0.15, -0.1) is 0 Å². The second-order valence-electron chi connectivity index (χ2n) is 9.18. The van der Waals surface area contributed by atoms with Crippen LogP contribution in [0.25, 0.3) is 0 Å². The molecular formula is C20H26N3O19P2-3. The zero-order chi connectivity index (χ0) is 33.1. The topological polar surface area (TPSA) is 341 Å². The molecule has 0 aromatic carbocycles. The molecule has 3 heterocycles. The largest absolute Gasteiger partial charge is 0.756 e. The van der Waals surface area contributed by atoms with Gasteiger partial charge in [0.2, 0.25) is 5.91 Å². The summed E-state index contributed by atoms with van der Waals surface area (Å²) < 4.78 is 53.8. The molecule has 0 bridgehead atoms. The van der Waals surface area contributed by atoms with Crippen LogP contribution in [-0.2, 0) is 46.3 Å². The predicted molar refractivity (Wildman–Crippen MR) is 129 cm³/mol. The third-order valence-electron chi connectivity index (χ3n) is 6.02. The first-order chi connectivity index (χ1) is 20.4. The maximum absolute atomic E-state index is 12.5. The number of phosphoric acid groups is 2. The van der Waals surface area contributed by atoms with Crippen molar-refractivity contribution in [2.75, 3.05) is 13.2 Å². The quantitative estimate of drug-likeness (QED) is 0.0643. The Kier molecular flexibility index (Phi) is 11.4. The Bertz CT molecular complexity index is 1450. The van der Waals surface area contributed by atoms with Gasteiger partial charge in [0, 0.05) is 19.2 Å². The number of hydrogen-bond acceptors (Lipinski definition) is 19. The molecule has 0 radical (unpaired) electrons. The van der Waals surface area contributed by atoms with E-state index < -0.39 is 113 Å². The molecule has 1 aromatic rings. The Labute approximate surface area is 245 Å². The summed E-state index contributed by atoms with van der Waals surface area (Å²) in [6, 6.07) is -1.00. The molecule has 2 unspecified atom stereocenters. The number of carboxylic acid groups (broad SMARTS) is 1. The molecule has 11 atom stereocenters. The normalized spacial score (nSPS) is 33.1. The third kappa shape index (κ3) is 8.67. The van der Waals surface area contributed by atoms with E-state index in [2.05, 4.69) is 25.3 Å². The van der Waals surface area contributed by atoms with Crippen molar-refractivity contribution >= 4 is 27.5 Å². The first-order valence-electron chi connectivity index (χ1n) is 12.1. The van der Waals surface area contributed by atoms with E-state index in [4.69, 9.17) is 14.2 Å². The minimum Gasteiger partial charge on any atom is -0.756 e. The number of nitrogens with one attached hydrogen (secondary N) is 2. The Morgan fingerprint density at radius 1 is 1.11 bits per heavy atom. The van der Waals surface area contributed by atoms with Crippen LogP contribution in [0, 0.1) is 0 Å². The van der Waals surface area contributed by atoms with Gasteiger partial charge < -0.3 is 64.2 Å². The van der Waals surface area contributed by atoms with Crippen LogP contribution in [0.5, 0.6) is 0 Å². The molecule has 1 amide bonds. The summed E-state index contributed by atoms with van der Waals surface area (Å²) in [5.41, 5.74) is -1.84. The molecule has 2 aliphatic heterocycles. The van der Waals surface area contributed by atoms with Gasteiger partial charge in [-0.2, -0.15) is 0 Å². The monoisotopic (exact) mass is 674 g/mol. The maximum Gasteiger partial charge on any atom is 0.330 e. The highest BCUT2D eigenvalue weighted by Crippen LogP contribution is 2.57. The molecule has 2 saturated heterocycles.